The fourth-order valence-electron chi connectivity index (χ4n) is 4.21. The molecule has 2 saturated heterocycles. The molecule has 3 N–H and O–H groups in total. The summed E-state index contributed by atoms with van der Waals surface area (Å²) in [5, 5.41) is 16.4. The molecule has 0 bridgehead atoms. The molecule has 2 fully saturated rings. The van der Waals surface area contributed by atoms with Crippen molar-refractivity contribution in [3.63, 3.8) is 0 Å². The van der Waals surface area contributed by atoms with Crippen LogP contribution in [0.15, 0.2) is 34.4 Å². The Hall–Kier alpha value is -2.49. The van der Waals surface area contributed by atoms with Gasteiger partial charge in [-0.05, 0) is 38.1 Å². The van der Waals surface area contributed by atoms with Crippen LogP contribution in [0.25, 0.3) is 11.5 Å². The van der Waals surface area contributed by atoms with Crippen molar-refractivity contribution >= 4 is 17.5 Å². The molecule has 2 unspecified atom stereocenters. The van der Waals surface area contributed by atoms with E-state index in [0.29, 0.717) is 18.4 Å². The lowest BCUT2D eigenvalue weighted by atomic mass is 9.92. The minimum absolute atomic E-state index is 0.00717. The number of carbonyl (C=O) groups is 1. The molecule has 1 aromatic carbocycles. The Morgan fingerprint density at radius 3 is 2.90 bits per heavy atom. The highest BCUT2D eigenvalue weighted by Crippen LogP contribution is 2.35. The summed E-state index contributed by atoms with van der Waals surface area (Å²) < 4.78 is 20.1. The van der Waals surface area contributed by atoms with Gasteiger partial charge in [-0.25, -0.2) is 9.82 Å². The zero-order valence-electron chi connectivity index (χ0n) is 15.5. The number of piperidine rings is 1. The van der Waals surface area contributed by atoms with E-state index in [1.165, 1.54) is 12.1 Å². The number of rotatable bonds is 3. The summed E-state index contributed by atoms with van der Waals surface area (Å²) in [5.74, 6) is -0.268. The van der Waals surface area contributed by atoms with Gasteiger partial charge in [-0.2, -0.15) is 0 Å². The normalized spacial score (nSPS) is 25.0. The second-order valence-electron chi connectivity index (χ2n) is 7.43. The van der Waals surface area contributed by atoms with Gasteiger partial charge >= 0.3 is 0 Å². The maximum atomic E-state index is 14.3. The number of amides is 1. The molecule has 1 aromatic heterocycles. The average Bonchev–Trinajstić information content (AvgIpc) is 3.37. The molecule has 0 radical (unpaired) electrons. The lowest BCUT2D eigenvalue weighted by molar-refractivity contribution is -0.119. The first-order valence-corrected chi connectivity index (χ1v) is 10.0. The number of aromatic nitrogens is 2. The topological polar surface area (TPSA) is 95.3 Å². The standard InChI is InChI=1S/C19H20ClFN6O2/c20-13-3-1-2-11(16(13)21)18-25-26-19(29-18)12-9-23-27-14(8-15(28)24-17(12)27)10-4-6-22-7-5-10/h1-3,8,10,12,17,22-23H,4-7,9H2,(H,24,28). The number of benzene rings is 1. The lowest BCUT2D eigenvalue weighted by Gasteiger charge is -2.38. The molecule has 0 saturated carbocycles. The summed E-state index contributed by atoms with van der Waals surface area (Å²) in [6.45, 7) is 2.39. The van der Waals surface area contributed by atoms with E-state index in [0.717, 1.165) is 31.6 Å². The number of halogens is 2. The zero-order valence-corrected chi connectivity index (χ0v) is 16.2. The van der Waals surface area contributed by atoms with Gasteiger partial charge in [0, 0.05) is 24.2 Å². The van der Waals surface area contributed by atoms with E-state index in [-0.39, 0.29) is 34.5 Å². The van der Waals surface area contributed by atoms with Crippen molar-refractivity contribution in [1.82, 2.24) is 31.3 Å². The average molecular weight is 419 g/mol. The monoisotopic (exact) mass is 418 g/mol. The van der Waals surface area contributed by atoms with Crippen LogP contribution in [0, 0.1) is 11.7 Å². The van der Waals surface area contributed by atoms with Crippen molar-refractivity contribution in [1.29, 1.82) is 0 Å². The summed E-state index contributed by atoms with van der Waals surface area (Å²) in [6.07, 6.45) is 3.29. The summed E-state index contributed by atoms with van der Waals surface area (Å²) in [7, 11) is 0. The number of hydrogen-bond acceptors (Lipinski definition) is 7. The summed E-state index contributed by atoms with van der Waals surface area (Å²) in [5.41, 5.74) is 4.50. The SMILES string of the molecule is O=C1C=C(C2CCNCC2)N2NCC(c3nnc(-c4cccc(Cl)c4F)o3)C2N1. The highest BCUT2D eigenvalue weighted by Gasteiger charge is 2.44. The molecule has 4 heterocycles. The van der Waals surface area contributed by atoms with Crippen molar-refractivity contribution < 1.29 is 13.6 Å². The predicted molar refractivity (Wildman–Crippen MR) is 103 cm³/mol. The molecular weight excluding hydrogens is 399 g/mol. The van der Waals surface area contributed by atoms with Gasteiger partial charge in [0.2, 0.25) is 11.8 Å². The number of hydrazine groups is 1. The Balaban J connectivity index is 1.41. The fourth-order valence-corrected chi connectivity index (χ4v) is 4.39. The highest BCUT2D eigenvalue weighted by atomic mass is 35.5. The van der Waals surface area contributed by atoms with Crippen LogP contribution in [-0.4, -0.2) is 46.9 Å². The van der Waals surface area contributed by atoms with Gasteiger partial charge in [0.25, 0.3) is 5.89 Å². The third kappa shape index (κ3) is 3.29. The van der Waals surface area contributed by atoms with Crippen molar-refractivity contribution in [2.75, 3.05) is 19.6 Å². The van der Waals surface area contributed by atoms with Crippen molar-refractivity contribution in [2.24, 2.45) is 5.92 Å². The van der Waals surface area contributed by atoms with Gasteiger partial charge in [0.1, 0.15) is 6.17 Å². The van der Waals surface area contributed by atoms with E-state index in [2.05, 4.69) is 26.3 Å². The highest BCUT2D eigenvalue weighted by molar-refractivity contribution is 6.31. The Labute approximate surface area is 171 Å². The number of nitrogens with zero attached hydrogens (tertiary/aromatic N) is 3. The molecule has 29 heavy (non-hydrogen) atoms. The Kier molecular flexibility index (Phi) is 4.73. The minimum Gasteiger partial charge on any atom is -0.420 e. The van der Waals surface area contributed by atoms with E-state index >= 15 is 0 Å². The van der Waals surface area contributed by atoms with Crippen LogP contribution in [0.4, 0.5) is 4.39 Å². The van der Waals surface area contributed by atoms with Gasteiger partial charge in [-0.15, -0.1) is 10.2 Å². The summed E-state index contributed by atoms with van der Waals surface area (Å²) in [4.78, 5) is 12.4. The molecule has 3 aliphatic rings. The van der Waals surface area contributed by atoms with Gasteiger partial charge < -0.3 is 15.1 Å². The van der Waals surface area contributed by atoms with Gasteiger partial charge in [-0.3, -0.25) is 9.80 Å². The number of carbonyl (C=O) groups excluding carboxylic acids is 1. The van der Waals surface area contributed by atoms with Crippen molar-refractivity contribution in [3.8, 4) is 11.5 Å². The Morgan fingerprint density at radius 1 is 1.24 bits per heavy atom. The molecule has 2 atom stereocenters. The molecule has 152 valence electrons. The van der Waals surface area contributed by atoms with Gasteiger partial charge in [0.15, 0.2) is 5.82 Å². The number of nitrogens with one attached hydrogen (secondary N) is 3. The maximum Gasteiger partial charge on any atom is 0.250 e. The first-order valence-electron chi connectivity index (χ1n) is 9.65. The van der Waals surface area contributed by atoms with Crippen molar-refractivity contribution in [2.45, 2.75) is 24.9 Å². The predicted octanol–water partition coefficient (Wildman–Crippen LogP) is 1.77. The first kappa shape index (κ1) is 18.5. The molecule has 1 amide bonds. The summed E-state index contributed by atoms with van der Waals surface area (Å²) in [6, 6.07) is 4.63. The smallest absolute Gasteiger partial charge is 0.250 e. The molecule has 0 aliphatic carbocycles. The molecule has 3 aliphatic heterocycles. The zero-order chi connectivity index (χ0) is 20.0. The van der Waals surface area contributed by atoms with Crippen LogP contribution in [0.2, 0.25) is 5.02 Å². The molecule has 0 spiro atoms. The van der Waals surface area contributed by atoms with Crippen LogP contribution in [-0.2, 0) is 4.79 Å². The minimum atomic E-state index is -0.599. The van der Waals surface area contributed by atoms with Gasteiger partial charge in [-0.1, -0.05) is 17.7 Å². The second kappa shape index (κ2) is 7.40. The molecule has 2 aromatic rings. The van der Waals surface area contributed by atoms with E-state index in [1.54, 1.807) is 12.1 Å². The van der Waals surface area contributed by atoms with Gasteiger partial charge in [0.05, 0.1) is 16.5 Å². The molecular formula is C19H20ClFN6O2. The largest absolute Gasteiger partial charge is 0.420 e. The van der Waals surface area contributed by atoms with Crippen molar-refractivity contribution in [3.05, 3.63) is 46.7 Å². The fraction of sp³-hybridized carbons (Fsp3) is 0.421. The third-order valence-corrected chi connectivity index (χ3v) is 5.98. The van der Waals surface area contributed by atoms with Crippen LogP contribution >= 0.6 is 11.6 Å². The van der Waals surface area contributed by atoms with Crippen LogP contribution in [0.3, 0.4) is 0 Å². The molecule has 8 nitrogen and oxygen atoms in total. The third-order valence-electron chi connectivity index (χ3n) is 5.69. The first-order chi connectivity index (χ1) is 14.1. The number of fused-ring (bicyclic) bond motifs is 1. The van der Waals surface area contributed by atoms with Crippen LogP contribution in [0.5, 0.6) is 0 Å². The lowest BCUT2D eigenvalue weighted by Crippen LogP contribution is -2.53. The van der Waals surface area contributed by atoms with Crippen LogP contribution in [0.1, 0.15) is 24.7 Å². The van der Waals surface area contributed by atoms with E-state index in [4.69, 9.17) is 16.0 Å². The quantitative estimate of drug-likeness (QED) is 0.699. The van der Waals surface area contributed by atoms with E-state index < -0.39 is 5.82 Å². The van der Waals surface area contributed by atoms with E-state index in [1.807, 2.05) is 5.01 Å². The maximum absolute atomic E-state index is 14.3. The van der Waals surface area contributed by atoms with Crippen LogP contribution < -0.4 is 16.1 Å². The number of allylic oxidation sites excluding steroid dienone is 1. The number of hydrogen-bond donors (Lipinski definition) is 3. The Morgan fingerprint density at radius 2 is 2.07 bits per heavy atom. The summed E-state index contributed by atoms with van der Waals surface area (Å²) >= 11 is 5.85. The molecule has 5 rings (SSSR count). The Bertz CT molecular complexity index is 973. The second-order valence-corrected chi connectivity index (χ2v) is 7.84. The molecule has 10 heteroatoms. The van der Waals surface area contributed by atoms with E-state index in [9.17, 15) is 9.18 Å².